The first-order chi connectivity index (χ1) is 7.79. The minimum Gasteiger partial charge on any atom is -0.349 e. The van der Waals surface area contributed by atoms with E-state index in [0.29, 0.717) is 6.04 Å². The van der Waals surface area contributed by atoms with Crippen LogP contribution in [0.3, 0.4) is 0 Å². The van der Waals surface area contributed by atoms with Gasteiger partial charge in [0.15, 0.2) is 0 Å². The summed E-state index contributed by atoms with van der Waals surface area (Å²) in [4.78, 5) is 11.6. The highest BCUT2D eigenvalue weighted by molar-refractivity contribution is 5.94. The van der Waals surface area contributed by atoms with E-state index in [1.807, 2.05) is 38.1 Å². The van der Waals surface area contributed by atoms with Crippen LogP contribution in [0.1, 0.15) is 49.5 Å². The molecule has 0 spiro atoms. The Morgan fingerprint density at radius 3 is 2.25 bits per heavy atom. The number of hydrogen-bond acceptors (Lipinski definition) is 1. The third kappa shape index (κ3) is 3.69. The number of rotatable bonds is 3. The van der Waals surface area contributed by atoms with Gasteiger partial charge in [0.05, 0.1) is 0 Å². The van der Waals surface area contributed by atoms with E-state index in [0.717, 1.165) is 24.8 Å². The molecular formula is C14H21NO. The Balaban J connectivity index is 0.000000606. The Kier molecular flexibility index (Phi) is 5.03. The van der Waals surface area contributed by atoms with Crippen molar-refractivity contribution in [3.8, 4) is 0 Å². The molecular weight excluding hydrogens is 198 g/mol. The fourth-order valence-corrected chi connectivity index (χ4v) is 1.39. The summed E-state index contributed by atoms with van der Waals surface area (Å²) in [5, 5.41) is 2.97. The van der Waals surface area contributed by atoms with E-state index in [1.54, 1.807) is 0 Å². The molecule has 0 saturated heterocycles. The van der Waals surface area contributed by atoms with Crippen molar-refractivity contribution in [1.82, 2.24) is 5.32 Å². The summed E-state index contributed by atoms with van der Waals surface area (Å²) < 4.78 is 0. The SMILES string of the molecule is CC.CCc1ccc(C(=O)NC2CC2)cc1. The molecule has 1 N–H and O–H groups in total. The number of carbonyl (C=O) groups excluding carboxylic acids is 1. The third-order valence-corrected chi connectivity index (χ3v) is 2.54. The molecule has 0 radical (unpaired) electrons. The summed E-state index contributed by atoms with van der Waals surface area (Å²) in [6, 6.07) is 8.27. The maximum atomic E-state index is 11.6. The summed E-state index contributed by atoms with van der Waals surface area (Å²) in [6.45, 7) is 6.11. The van der Waals surface area contributed by atoms with Gasteiger partial charge in [-0.3, -0.25) is 4.79 Å². The van der Waals surface area contributed by atoms with Crippen LogP contribution in [-0.2, 0) is 6.42 Å². The fourth-order valence-electron chi connectivity index (χ4n) is 1.39. The smallest absolute Gasteiger partial charge is 0.251 e. The lowest BCUT2D eigenvalue weighted by Gasteiger charge is -2.03. The maximum absolute atomic E-state index is 11.6. The molecule has 1 aromatic carbocycles. The molecule has 16 heavy (non-hydrogen) atoms. The number of amides is 1. The highest BCUT2D eigenvalue weighted by atomic mass is 16.1. The molecule has 1 aliphatic rings. The van der Waals surface area contributed by atoms with Gasteiger partial charge in [0.25, 0.3) is 5.91 Å². The van der Waals surface area contributed by atoms with Gasteiger partial charge in [-0.05, 0) is 37.0 Å². The lowest BCUT2D eigenvalue weighted by atomic mass is 10.1. The highest BCUT2D eigenvalue weighted by Gasteiger charge is 2.23. The zero-order valence-corrected chi connectivity index (χ0v) is 10.4. The molecule has 0 atom stereocenters. The summed E-state index contributed by atoms with van der Waals surface area (Å²) in [5.74, 6) is 0.0650. The molecule has 1 saturated carbocycles. The van der Waals surface area contributed by atoms with Crippen molar-refractivity contribution < 1.29 is 4.79 Å². The van der Waals surface area contributed by atoms with E-state index in [-0.39, 0.29) is 5.91 Å². The molecule has 1 aromatic rings. The average molecular weight is 219 g/mol. The zero-order valence-electron chi connectivity index (χ0n) is 10.4. The zero-order chi connectivity index (χ0) is 12.0. The first-order valence-electron chi connectivity index (χ1n) is 6.19. The Hall–Kier alpha value is -1.31. The highest BCUT2D eigenvalue weighted by Crippen LogP contribution is 2.19. The predicted octanol–water partition coefficient (Wildman–Crippen LogP) is 3.17. The van der Waals surface area contributed by atoms with Crippen molar-refractivity contribution in [3.05, 3.63) is 35.4 Å². The Morgan fingerprint density at radius 2 is 1.81 bits per heavy atom. The summed E-state index contributed by atoms with van der Waals surface area (Å²) >= 11 is 0. The number of carbonyl (C=O) groups is 1. The van der Waals surface area contributed by atoms with Crippen LogP contribution in [0.5, 0.6) is 0 Å². The van der Waals surface area contributed by atoms with Crippen LogP contribution in [0.15, 0.2) is 24.3 Å². The van der Waals surface area contributed by atoms with Gasteiger partial charge in [-0.2, -0.15) is 0 Å². The van der Waals surface area contributed by atoms with Gasteiger partial charge < -0.3 is 5.32 Å². The van der Waals surface area contributed by atoms with Crippen LogP contribution in [0.4, 0.5) is 0 Å². The summed E-state index contributed by atoms with van der Waals surface area (Å²) in [5.41, 5.74) is 2.04. The van der Waals surface area contributed by atoms with Gasteiger partial charge >= 0.3 is 0 Å². The van der Waals surface area contributed by atoms with Gasteiger partial charge in [-0.1, -0.05) is 32.9 Å². The molecule has 0 heterocycles. The normalized spacial score (nSPS) is 13.7. The van der Waals surface area contributed by atoms with Gasteiger partial charge in [-0.15, -0.1) is 0 Å². The molecule has 88 valence electrons. The van der Waals surface area contributed by atoms with Crippen LogP contribution >= 0.6 is 0 Å². The quantitative estimate of drug-likeness (QED) is 0.831. The number of aryl methyl sites for hydroxylation is 1. The monoisotopic (exact) mass is 219 g/mol. The average Bonchev–Trinajstić information content (AvgIpc) is 3.16. The van der Waals surface area contributed by atoms with Crippen LogP contribution in [-0.4, -0.2) is 11.9 Å². The topological polar surface area (TPSA) is 29.1 Å². The molecule has 1 aliphatic carbocycles. The minimum absolute atomic E-state index is 0.0650. The molecule has 0 aliphatic heterocycles. The second kappa shape index (κ2) is 6.31. The second-order valence-corrected chi connectivity index (χ2v) is 3.80. The van der Waals surface area contributed by atoms with E-state index < -0.39 is 0 Å². The number of hydrogen-bond donors (Lipinski definition) is 1. The molecule has 1 amide bonds. The minimum atomic E-state index is 0.0650. The number of benzene rings is 1. The van der Waals surface area contributed by atoms with E-state index in [1.165, 1.54) is 5.56 Å². The maximum Gasteiger partial charge on any atom is 0.251 e. The van der Waals surface area contributed by atoms with Gasteiger partial charge in [0.1, 0.15) is 0 Å². The molecule has 2 rings (SSSR count). The summed E-state index contributed by atoms with van der Waals surface area (Å²) in [7, 11) is 0. The lowest BCUT2D eigenvalue weighted by molar-refractivity contribution is 0.0951. The molecule has 0 unspecified atom stereocenters. The lowest BCUT2D eigenvalue weighted by Crippen LogP contribution is -2.25. The van der Waals surface area contributed by atoms with Crippen molar-refractivity contribution in [1.29, 1.82) is 0 Å². The van der Waals surface area contributed by atoms with Gasteiger partial charge in [0, 0.05) is 11.6 Å². The van der Waals surface area contributed by atoms with Crippen molar-refractivity contribution in [2.45, 2.75) is 46.1 Å². The fraction of sp³-hybridized carbons (Fsp3) is 0.500. The summed E-state index contributed by atoms with van der Waals surface area (Å²) in [6.07, 6.45) is 3.29. The standard InChI is InChI=1S/C12H15NO.C2H6/c1-2-9-3-5-10(6-4-9)12(14)13-11-7-8-11;1-2/h3-6,11H,2,7-8H2,1H3,(H,13,14);1-2H3. The van der Waals surface area contributed by atoms with Crippen LogP contribution in [0, 0.1) is 0 Å². The van der Waals surface area contributed by atoms with E-state index in [9.17, 15) is 4.79 Å². The van der Waals surface area contributed by atoms with Gasteiger partial charge in [0.2, 0.25) is 0 Å². The van der Waals surface area contributed by atoms with Gasteiger partial charge in [-0.25, -0.2) is 0 Å². The second-order valence-electron chi connectivity index (χ2n) is 3.80. The first-order valence-corrected chi connectivity index (χ1v) is 6.19. The first kappa shape index (κ1) is 12.8. The van der Waals surface area contributed by atoms with E-state index in [4.69, 9.17) is 0 Å². The van der Waals surface area contributed by atoms with E-state index >= 15 is 0 Å². The molecule has 2 nitrogen and oxygen atoms in total. The predicted molar refractivity (Wildman–Crippen MR) is 67.7 cm³/mol. The Morgan fingerprint density at radius 1 is 1.25 bits per heavy atom. The van der Waals surface area contributed by atoms with Crippen LogP contribution < -0.4 is 5.32 Å². The van der Waals surface area contributed by atoms with Crippen LogP contribution in [0.2, 0.25) is 0 Å². The number of nitrogens with one attached hydrogen (secondary N) is 1. The van der Waals surface area contributed by atoms with Crippen molar-refractivity contribution >= 4 is 5.91 Å². The van der Waals surface area contributed by atoms with Crippen LogP contribution in [0.25, 0.3) is 0 Å². The largest absolute Gasteiger partial charge is 0.349 e. The van der Waals surface area contributed by atoms with Crippen molar-refractivity contribution in [2.24, 2.45) is 0 Å². The Labute approximate surface area is 98.1 Å². The van der Waals surface area contributed by atoms with E-state index in [2.05, 4.69) is 12.2 Å². The van der Waals surface area contributed by atoms with Crippen molar-refractivity contribution in [3.63, 3.8) is 0 Å². The van der Waals surface area contributed by atoms with Crippen molar-refractivity contribution in [2.75, 3.05) is 0 Å². The molecule has 0 aromatic heterocycles. The Bertz CT molecular complexity index is 325. The molecule has 2 heteroatoms. The molecule has 0 bridgehead atoms. The third-order valence-electron chi connectivity index (χ3n) is 2.54. The molecule has 1 fully saturated rings.